The number of aromatic nitrogens is 1. The predicted molar refractivity (Wildman–Crippen MR) is 66.2 cm³/mol. The molecule has 1 aromatic carbocycles. The van der Waals surface area contributed by atoms with Gasteiger partial charge in [0.1, 0.15) is 0 Å². The van der Waals surface area contributed by atoms with Crippen LogP contribution in [0.4, 0.5) is 0 Å². The molecule has 0 aliphatic carbocycles. The first-order valence-electron chi connectivity index (χ1n) is 4.37. The molecule has 2 rings (SSSR count). The van der Waals surface area contributed by atoms with Crippen molar-refractivity contribution >= 4 is 31.7 Å². The molecule has 0 amide bonds. The Kier molecular flexibility index (Phi) is 4.60. The van der Waals surface area contributed by atoms with Gasteiger partial charge in [-0.15, -0.1) is 17.9 Å². The Balaban J connectivity index is 0.000000168. The largest absolute Gasteiger partial charge is 0.285 e. The summed E-state index contributed by atoms with van der Waals surface area (Å²) in [5.74, 6) is -0.368. The third-order valence-electron chi connectivity index (χ3n) is 1.57. The molecule has 0 radical (unpaired) electrons. The van der Waals surface area contributed by atoms with Crippen LogP contribution in [0.5, 0.6) is 0 Å². The zero-order valence-electron chi connectivity index (χ0n) is 8.41. The molecule has 0 atom stereocenters. The van der Waals surface area contributed by atoms with Gasteiger partial charge in [-0.1, -0.05) is 18.2 Å². The van der Waals surface area contributed by atoms with Crippen LogP contribution in [0.3, 0.4) is 0 Å². The molecule has 1 aromatic heterocycles. The van der Waals surface area contributed by atoms with Crippen LogP contribution < -0.4 is 0 Å². The van der Waals surface area contributed by atoms with E-state index in [4.69, 9.17) is 4.55 Å². The maximum Gasteiger partial charge on any atom is 0.268 e. The first-order chi connectivity index (χ1) is 7.53. The highest BCUT2D eigenvalue weighted by Crippen LogP contribution is 2.15. The molecule has 1 N–H and O–H groups in total. The Hall–Kier alpha value is -1.24. The van der Waals surface area contributed by atoms with E-state index in [0.717, 1.165) is 11.6 Å². The maximum atomic E-state index is 9.72. The minimum atomic E-state index is -3.79. The van der Waals surface area contributed by atoms with E-state index < -0.39 is 10.1 Å². The second-order valence-corrected chi connectivity index (χ2v) is 5.24. The van der Waals surface area contributed by atoms with E-state index in [0.29, 0.717) is 0 Å². The molecule has 2 aromatic rings. The molecule has 0 saturated heterocycles. The molecule has 0 aliphatic rings. The van der Waals surface area contributed by atoms with Crippen LogP contribution in [0.2, 0.25) is 0 Å². The first-order valence-corrected chi connectivity index (χ1v) is 6.86. The maximum absolute atomic E-state index is 9.72. The molecule has 6 heteroatoms. The number of benzene rings is 1. The van der Waals surface area contributed by atoms with Crippen molar-refractivity contribution in [1.82, 2.24) is 4.98 Å². The van der Waals surface area contributed by atoms with Crippen LogP contribution in [0, 0.1) is 0 Å². The Bertz CT molecular complexity index is 530. The molecule has 0 bridgehead atoms. The number of hydrogen-bond acceptors (Lipinski definition) is 4. The smallest absolute Gasteiger partial charge is 0.268 e. The predicted octanol–water partition coefficient (Wildman–Crippen LogP) is 2.36. The van der Waals surface area contributed by atoms with Crippen molar-refractivity contribution in [2.45, 2.75) is 0 Å². The van der Waals surface area contributed by atoms with Crippen molar-refractivity contribution in [3.05, 3.63) is 42.4 Å². The van der Waals surface area contributed by atoms with Crippen LogP contribution in [0.25, 0.3) is 10.2 Å². The highest BCUT2D eigenvalue weighted by Gasteiger charge is 1.95. The third-order valence-corrected chi connectivity index (χ3v) is 3.03. The topological polar surface area (TPSA) is 67.3 Å². The lowest BCUT2D eigenvalue weighted by Gasteiger charge is -1.82. The number of fused-ring (bicyclic) bond motifs is 1. The van der Waals surface area contributed by atoms with Gasteiger partial charge in [-0.05, 0) is 12.1 Å². The first kappa shape index (κ1) is 12.8. The fourth-order valence-corrected chi connectivity index (χ4v) is 1.93. The Morgan fingerprint density at radius 2 is 2.12 bits per heavy atom. The SMILES string of the molecule is C=CCS(=O)(=O)O.c1ccc2scnc2c1. The summed E-state index contributed by atoms with van der Waals surface area (Å²) in [4.78, 5) is 4.14. The van der Waals surface area contributed by atoms with Crippen LogP contribution in [-0.2, 0) is 10.1 Å². The molecule has 86 valence electrons. The normalized spacial score (nSPS) is 10.6. The summed E-state index contributed by atoms with van der Waals surface area (Å²) in [6.07, 6.45) is 1.12. The number of nitrogens with zero attached hydrogens (tertiary/aromatic N) is 1. The molecular formula is C10H11NO3S2. The van der Waals surface area contributed by atoms with E-state index in [1.807, 2.05) is 23.7 Å². The van der Waals surface area contributed by atoms with E-state index in [1.165, 1.54) is 4.70 Å². The van der Waals surface area contributed by atoms with Gasteiger partial charge < -0.3 is 0 Å². The van der Waals surface area contributed by atoms with Crippen LogP contribution >= 0.6 is 11.3 Å². The molecule has 0 spiro atoms. The van der Waals surface area contributed by atoms with E-state index in [1.54, 1.807) is 11.3 Å². The van der Waals surface area contributed by atoms with Gasteiger partial charge in [0.15, 0.2) is 0 Å². The van der Waals surface area contributed by atoms with Gasteiger partial charge in [-0.25, -0.2) is 4.98 Å². The lowest BCUT2D eigenvalue weighted by Crippen LogP contribution is -1.99. The fraction of sp³-hybridized carbons (Fsp3) is 0.100. The van der Waals surface area contributed by atoms with Gasteiger partial charge in [0.25, 0.3) is 10.1 Å². The molecular weight excluding hydrogens is 246 g/mol. The number of thiazole rings is 1. The van der Waals surface area contributed by atoms with Gasteiger partial charge in [0.05, 0.1) is 21.5 Å². The van der Waals surface area contributed by atoms with Crippen LogP contribution in [0.15, 0.2) is 42.4 Å². The van der Waals surface area contributed by atoms with Crippen molar-refractivity contribution < 1.29 is 13.0 Å². The molecule has 0 unspecified atom stereocenters. The van der Waals surface area contributed by atoms with E-state index in [9.17, 15) is 8.42 Å². The summed E-state index contributed by atoms with van der Waals surface area (Å²) in [5, 5.41) is 0. The molecule has 4 nitrogen and oxygen atoms in total. The van der Waals surface area contributed by atoms with E-state index in [2.05, 4.69) is 17.6 Å². The van der Waals surface area contributed by atoms with Crippen molar-refractivity contribution in [1.29, 1.82) is 0 Å². The van der Waals surface area contributed by atoms with Gasteiger partial charge >= 0.3 is 0 Å². The zero-order valence-corrected chi connectivity index (χ0v) is 10.0. The summed E-state index contributed by atoms with van der Waals surface area (Å²) in [7, 11) is -3.79. The van der Waals surface area contributed by atoms with Gasteiger partial charge in [0.2, 0.25) is 0 Å². The van der Waals surface area contributed by atoms with E-state index in [-0.39, 0.29) is 5.75 Å². The highest BCUT2D eigenvalue weighted by atomic mass is 32.2. The average molecular weight is 257 g/mol. The lowest BCUT2D eigenvalue weighted by molar-refractivity contribution is 0.487. The average Bonchev–Trinajstić information content (AvgIpc) is 2.64. The Morgan fingerprint density at radius 1 is 1.44 bits per heavy atom. The molecule has 16 heavy (non-hydrogen) atoms. The second kappa shape index (κ2) is 5.74. The summed E-state index contributed by atoms with van der Waals surface area (Å²) in [5.41, 5.74) is 2.97. The number of para-hydroxylation sites is 1. The summed E-state index contributed by atoms with van der Waals surface area (Å²) in [6, 6.07) is 8.13. The van der Waals surface area contributed by atoms with Crippen molar-refractivity contribution in [3.63, 3.8) is 0 Å². The monoisotopic (exact) mass is 257 g/mol. The summed E-state index contributed by atoms with van der Waals surface area (Å²) in [6.45, 7) is 3.11. The van der Waals surface area contributed by atoms with Gasteiger partial charge in [0, 0.05) is 0 Å². The van der Waals surface area contributed by atoms with Gasteiger partial charge in [-0.3, -0.25) is 4.55 Å². The van der Waals surface area contributed by atoms with E-state index >= 15 is 0 Å². The molecule has 0 saturated carbocycles. The zero-order chi connectivity index (χ0) is 12.0. The second-order valence-electron chi connectivity index (χ2n) is 2.86. The highest BCUT2D eigenvalue weighted by molar-refractivity contribution is 7.85. The molecule has 0 aliphatic heterocycles. The standard InChI is InChI=1S/C7H5NS.C3H6O3S/c1-2-4-7-6(3-1)8-5-9-7;1-2-3-7(4,5)6/h1-5H;2H,1,3H2,(H,4,5,6). The van der Waals surface area contributed by atoms with Crippen molar-refractivity contribution in [2.24, 2.45) is 0 Å². The number of rotatable bonds is 2. The Labute approximate surface area is 98.0 Å². The van der Waals surface area contributed by atoms with Crippen LogP contribution in [0.1, 0.15) is 0 Å². The van der Waals surface area contributed by atoms with Gasteiger partial charge in [-0.2, -0.15) is 8.42 Å². The van der Waals surface area contributed by atoms with Crippen molar-refractivity contribution in [2.75, 3.05) is 5.75 Å². The quantitative estimate of drug-likeness (QED) is 0.662. The molecule has 1 heterocycles. The number of hydrogen-bond donors (Lipinski definition) is 1. The lowest BCUT2D eigenvalue weighted by atomic mass is 10.3. The summed E-state index contributed by atoms with van der Waals surface area (Å²) < 4.78 is 28.6. The third kappa shape index (κ3) is 4.52. The summed E-state index contributed by atoms with van der Waals surface area (Å²) >= 11 is 1.68. The minimum Gasteiger partial charge on any atom is -0.285 e. The minimum absolute atomic E-state index is 0.368. The Morgan fingerprint density at radius 3 is 2.62 bits per heavy atom. The molecule has 0 fully saturated rings. The van der Waals surface area contributed by atoms with Crippen molar-refractivity contribution in [3.8, 4) is 0 Å². The van der Waals surface area contributed by atoms with Crippen LogP contribution in [-0.4, -0.2) is 23.7 Å². The fourth-order valence-electron chi connectivity index (χ4n) is 0.952.